The predicted octanol–water partition coefficient (Wildman–Crippen LogP) is 1.15. The highest BCUT2D eigenvalue weighted by Crippen LogP contribution is 2.23. The number of hydrogen-bond acceptors (Lipinski definition) is 5. The number of nitrogens with one attached hydrogen (secondary N) is 2. The zero-order valence-corrected chi connectivity index (χ0v) is 12.3. The molecular weight excluding hydrogens is 286 g/mol. The Balaban J connectivity index is 1.55. The van der Waals surface area contributed by atoms with E-state index in [1.165, 1.54) is 0 Å². The first kappa shape index (κ1) is 14.2. The lowest BCUT2D eigenvalue weighted by molar-refractivity contribution is -0.123. The molecule has 1 aliphatic rings. The van der Waals surface area contributed by atoms with Gasteiger partial charge in [0.15, 0.2) is 0 Å². The maximum absolute atomic E-state index is 11.9. The minimum absolute atomic E-state index is 0.0573. The van der Waals surface area contributed by atoms with Gasteiger partial charge in [-0.3, -0.25) is 9.78 Å². The van der Waals surface area contributed by atoms with Crippen molar-refractivity contribution in [1.29, 1.82) is 0 Å². The van der Waals surface area contributed by atoms with Crippen LogP contribution in [0.2, 0.25) is 0 Å². The van der Waals surface area contributed by atoms with E-state index in [1.54, 1.807) is 11.3 Å². The van der Waals surface area contributed by atoms with Crippen LogP contribution in [0.4, 0.5) is 0 Å². The number of amides is 1. The number of aliphatic hydroxyl groups excluding tert-OH is 1. The van der Waals surface area contributed by atoms with Crippen molar-refractivity contribution in [3.8, 4) is 10.4 Å². The van der Waals surface area contributed by atoms with Crippen molar-refractivity contribution in [3.05, 3.63) is 41.5 Å². The van der Waals surface area contributed by atoms with Gasteiger partial charge in [-0.2, -0.15) is 0 Å². The van der Waals surface area contributed by atoms with Crippen LogP contribution in [0.3, 0.4) is 0 Å². The van der Waals surface area contributed by atoms with Crippen molar-refractivity contribution in [2.24, 2.45) is 0 Å². The van der Waals surface area contributed by atoms with Crippen LogP contribution in [0.25, 0.3) is 10.4 Å². The lowest BCUT2D eigenvalue weighted by Gasteiger charge is -2.11. The van der Waals surface area contributed by atoms with Gasteiger partial charge in [-0.15, -0.1) is 11.3 Å². The van der Waals surface area contributed by atoms with Crippen LogP contribution in [0, 0.1) is 0 Å². The van der Waals surface area contributed by atoms with Crippen LogP contribution >= 0.6 is 11.3 Å². The first-order valence-corrected chi connectivity index (χ1v) is 7.77. The fourth-order valence-corrected chi connectivity index (χ4v) is 3.00. The maximum atomic E-state index is 11.9. The Kier molecular flexibility index (Phi) is 4.28. The highest BCUT2D eigenvalue weighted by Gasteiger charge is 2.27. The third-order valence-electron chi connectivity index (χ3n) is 3.56. The van der Waals surface area contributed by atoms with Crippen LogP contribution in [-0.2, 0) is 11.3 Å². The zero-order chi connectivity index (χ0) is 14.7. The Morgan fingerprint density at radius 2 is 2.24 bits per heavy atom. The van der Waals surface area contributed by atoms with Gasteiger partial charge in [-0.25, -0.2) is 0 Å². The van der Waals surface area contributed by atoms with Crippen molar-refractivity contribution in [1.82, 2.24) is 15.6 Å². The molecule has 1 fully saturated rings. The minimum atomic E-state index is -0.417. The average molecular weight is 303 g/mol. The second-order valence-corrected chi connectivity index (χ2v) is 6.02. The molecule has 1 aromatic heterocycles. The van der Waals surface area contributed by atoms with Crippen LogP contribution in [0.5, 0.6) is 0 Å². The Morgan fingerprint density at radius 1 is 1.43 bits per heavy atom. The molecule has 1 aromatic carbocycles. The third kappa shape index (κ3) is 3.47. The smallest absolute Gasteiger partial charge is 0.237 e. The van der Waals surface area contributed by atoms with E-state index in [9.17, 15) is 9.90 Å². The molecule has 2 atom stereocenters. The molecule has 2 unspecified atom stereocenters. The van der Waals surface area contributed by atoms with Crippen LogP contribution in [-0.4, -0.2) is 34.7 Å². The molecule has 6 heteroatoms. The lowest BCUT2D eigenvalue weighted by atomic mass is 10.1. The molecule has 1 aliphatic heterocycles. The molecule has 110 valence electrons. The molecule has 0 aliphatic carbocycles. The largest absolute Gasteiger partial charge is 0.392 e. The fourth-order valence-electron chi connectivity index (χ4n) is 2.37. The highest BCUT2D eigenvalue weighted by molar-refractivity contribution is 7.13. The summed E-state index contributed by atoms with van der Waals surface area (Å²) in [5.41, 5.74) is 4.00. The molecule has 3 N–H and O–H groups in total. The van der Waals surface area contributed by atoms with Gasteiger partial charge in [-0.1, -0.05) is 24.3 Å². The second-order valence-electron chi connectivity index (χ2n) is 5.13. The number of thiazole rings is 1. The molecule has 3 rings (SSSR count). The summed E-state index contributed by atoms with van der Waals surface area (Å²) in [7, 11) is 0. The summed E-state index contributed by atoms with van der Waals surface area (Å²) in [4.78, 5) is 17.1. The standard InChI is InChI=1S/C15H17N3O2S/c19-12-5-13(17-7-12)15(20)18-6-10-1-3-11(4-2-10)14-8-16-9-21-14/h1-4,8-9,12-13,17,19H,5-7H2,(H,18,20). The molecule has 2 aromatic rings. The molecule has 0 radical (unpaired) electrons. The normalized spacial score (nSPS) is 21.4. The van der Waals surface area contributed by atoms with Crippen LogP contribution in [0.15, 0.2) is 36.0 Å². The number of benzene rings is 1. The van der Waals surface area contributed by atoms with E-state index in [0.29, 0.717) is 19.5 Å². The molecule has 0 saturated carbocycles. The van der Waals surface area contributed by atoms with Crippen LogP contribution < -0.4 is 10.6 Å². The van der Waals surface area contributed by atoms with E-state index in [1.807, 2.05) is 36.0 Å². The van der Waals surface area contributed by atoms with Crippen molar-refractivity contribution < 1.29 is 9.90 Å². The van der Waals surface area contributed by atoms with E-state index in [0.717, 1.165) is 16.0 Å². The zero-order valence-electron chi connectivity index (χ0n) is 11.5. The van der Waals surface area contributed by atoms with E-state index in [2.05, 4.69) is 15.6 Å². The minimum Gasteiger partial charge on any atom is -0.392 e. The van der Waals surface area contributed by atoms with E-state index < -0.39 is 6.10 Å². The van der Waals surface area contributed by atoms with Crippen LogP contribution in [0.1, 0.15) is 12.0 Å². The van der Waals surface area contributed by atoms with E-state index in [-0.39, 0.29) is 11.9 Å². The van der Waals surface area contributed by atoms with Crippen molar-refractivity contribution in [3.63, 3.8) is 0 Å². The van der Waals surface area contributed by atoms with Crippen molar-refractivity contribution >= 4 is 17.2 Å². The number of nitrogens with zero attached hydrogens (tertiary/aromatic N) is 1. The Bertz CT molecular complexity index is 598. The molecule has 1 saturated heterocycles. The Hall–Kier alpha value is -1.76. The number of carbonyl (C=O) groups excluding carboxylic acids is 1. The van der Waals surface area contributed by atoms with Crippen molar-refractivity contribution in [2.45, 2.75) is 25.1 Å². The molecule has 0 spiro atoms. The molecular formula is C15H17N3O2S. The first-order chi connectivity index (χ1) is 10.2. The van der Waals surface area contributed by atoms with Gasteiger partial charge in [0.1, 0.15) is 0 Å². The summed E-state index contributed by atoms with van der Waals surface area (Å²) < 4.78 is 0. The monoisotopic (exact) mass is 303 g/mol. The number of β-amino-alcohol motifs (C(OH)–C–C–N with tert-alkyl or cyclic N) is 1. The quantitative estimate of drug-likeness (QED) is 0.792. The average Bonchev–Trinajstić information content (AvgIpc) is 3.16. The summed E-state index contributed by atoms with van der Waals surface area (Å²) in [6.07, 6.45) is 1.91. The fraction of sp³-hybridized carbons (Fsp3) is 0.333. The number of aromatic nitrogens is 1. The van der Waals surface area contributed by atoms with Gasteiger partial charge in [0.25, 0.3) is 0 Å². The van der Waals surface area contributed by atoms with Gasteiger partial charge in [-0.05, 0) is 17.5 Å². The van der Waals surface area contributed by atoms with Gasteiger partial charge in [0, 0.05) is 19.3 Å². The number of aliphatic hydroxyl groups is 1. The summed E-state index contributed by atoms with van der Waals surface area (Å²) >= 11 is 1.60. The van der Waals surface area contributed by atoms with Gasteiger partial charge >= 0.3 is 0 Å². The molecule has 5 nitrogen and oxygen atoms in total. The summed E-state index contributed by atoms with van der Waals surface area (Å²) in [6, 6.07) is 7.80. The molecule has 2 heterocycles. The number of rotatable bonds is 4. The van der Waals surface area contributed by atoms with Crippen molar-refractivity contribution in [2.75, 3.05) is 6.54 Å². The summed E-state index contributed by atoms with van der Waals surface area (Å²) in [5.74, 6) is -0.0573. The predicted molar refractivity (Wildman–Crippen MR) is 81.8 cm³/mol. The molecule has 21 heavy (non-hydrogen) atoms. The van der Waals surface area contributed by atoms with Gasteiger partial charge < -0.3 is 15.7 Å². The Morgan fingerprint density at radius 3 is 2.86 bits per heavy atom. The number of hydrogen-bond donors (Lipinski definition) is 3. The Labute approximate surface area is 127 Å². The van der Waals surface area contributed by atoms with Gasteiger partial charge in [0.05, 0.1) is 22.5 Å². The highest BCUT2D eigenvalue weighted by atomic mass is 32.1. The SMILES string of the molecule is O=C(NCc1ccc(-c2cncs2)cc1)C1CC(O)CN1. The number of carbonyl (C=O) groups is 1. The topological polar surface area (TPSA) is 74.2 Å². The molecule has 1 amide bonds. The third-order valence-corrected chi connectivity index (χ3v) is 4.38. The maximum Gasteiger partial charge on any atom is 0.237 e. The lowest BCUT2D eigenvalue weighted by Crippen LogP contribution is -2.39. The van der Waals surface area contributed by atoms with Gasteiger partial charge in [0.2, 0.25) is 5.91 Å². The summed E-state index contributed by atoms with van der Waals surface area (Å²) in [6.45, 7) is 0.984. The molecule has 0 bridgehead atoms. The van der Waals surface area contributed by atoms with E-state index >= 15 is 0 Å². The van der Waals surface area contributed by atoms with E-state index in [4.69, 9.17) is 0 Å². The second kappa shape index (κ2) is 6.34. The summed E-state index contributed by atoms with van der Waals surface area (Å²) in [5, 5.41) is 15.3. The first-order valence-electron chi connectivity index (χ1n) is 6.89.